The van der Waals surface area contributed by atoms with E-state index in [1.165, 1.54) is 57.7 Å². The second-order valence-electron chi connectivity index (χ2n) is 17.1. The molecule has 10 rings (SSSR count). The summed E-state index contributed by atoms with van der Waals surface area (Å²) in [7, 11) is 0. The number of hydrogen-bond acceptors (Lipinski definition) is 2. The van der Waals surface area contributed by atoms with Gasteiger partial charge in [0.2, 0.25) is 0 Å². The minimum absolute atomic E-state index is 0.0178. The van der Waals surface area contributed by atoms with Gasteiger partial charge in [-0.15, -0.1) is 0 Å². The third-order valence-corrected chi connectivity index (χ3v) is 12.7. The SMILES string of the molecule is N#Cc1cccc(C(F)(F)F)c1-c1cc(-n2c3ccccc3c3cc(-c4cc(C(F)(F)F)cc(C(F)(F)F)c4)ccc32)c(C#N)c(-n2c3ccccc3c3cc(-c4cc(C(F)(F)F)cc(C(F)(F)F)c4)ccc32)c1. The summed E-state index contributed by atoms with van der Waals surface area (Å²) in [6.07, 6.45) is -25.8. The van der Waals surface area contributed by atoms with Crippen molar-refractivity contribution in [1.29, 1.82) is 10.5 Å². The molecule has 2 aromatic heterocycles. The Morgan fingerprint density at radius 2 is 0.716 bits per heavy atom. The largest absolute Gasteiger partial charge is 0.417 e. The minimum Gasteiger partial charge on any atom is -0.308 e. The first-order valence-electron chi connectivity index (χ1n) is 21.6. The number of para-hydroxylation sites is 2. The van der Waals surface area contributed by atoms with Crippen molar-refractivity contribution in [2.24, 2.45) is 0 Å². The molecule has 0 aliphatic carbocycles. The van der Waals surface area contributed by atoms with E-state index >= 15 is 13.2 Å². The fourth-order valence-corrected chi connectivity index (χ4v) is 9.48. The quantitative estimate of drug-likeness (QED) is 0.161. The number of nitriles is 2. The van der Waals surface area contributed by atoms with Crippen molar-refractivity contribution in [1.82, 2.24) is 9.13 Å². The molecule has 0 aliphatic heterocycles. The van der Waals surface area contributed by atoms with Gasteiger partial charge in [-0.05, 0) is 125 Å². The number of alkyl halides is 15. The van der Waals surface area contributed by atoms with E-state index in [0.29, 0.717) is 35.0 Å². The molecule has 0 radical (unpaired) electrons. The van der Waals surface area contributed by atoms with Crippen molar-refractivity contribution < 1.29 is 65.9 Å². The normalized spacial score (nSPS) is 12.8. The van der Waals surface area contributed by atoms with Gasteiger partial charge < -0.3 is 9.13 Å². The molecule has 4 nitrogen and oxygen atoms in total. The first-order valence-corrected chi connectivity index (χ1v) is 21.6. The molecule has 0 unspecified atom stereocenters. The molecule has 0 saturated carbocycles. The molecule has 0 fully saturated rings. The first-order chi connectivity index (χ1) is 34.8. The van der Waals surface area contributed by atoms with Crippen LogP contribution in [0.25, 0.3) is 88.4 Å². The van der Waals surface area contributed by atoms with Crippen LogP contribution in [0.5, 0.6) is 0 Å². The van der Waals surface area contributed by atoms with Crippen LogP contribution in [0, 0.1) is 22.7 Å². The highest BCUT2D eigenvalue weighted by molar-refractivity contribution is 6.12. The molecule has 19 heteroatoms. The smallest absolute Gasteiger partial charge is 0.308 e. The van der Waals surface area contributed by atoms with Crippen LogP contribution < -0.4 is 0 Å². The molecule has 10 aromatic rings. The summed E-state index contributed by atoms with van der Waals surface area (Å²) in [6, 6.07) is 31.9. The molecule has 0 bridgehead atoms. The van der Waals surface area contributed by atoms with Crippen molar-refractivity contribution in [3.63, 3.8) is 0 Å². The Kier molecular flexibility index (Phi) is 11.2. The summed E-state index contributed by atoms with van der Waals surface area (Å²) in [5.74, 6) is 0. The molecule has 2 heterocycles. The summed E-state index contributed by atoms with van der Waals surface area (Å²) in [5.41, 5.74) is -9.58. The molecular formula is C55H25F15N4. The lowest BCUT2D eigenvalue weighted by atomic mass is 9.92. The second-order valence-corrected chi connectivity index (χ2v) is 17.1. The van der Waals surface area contributed by atoms with Gasteiger partial charge in [-0.3, -0.25) is 0 Å². The van der Waals surface area contributed by atoms with E-state index in [0.717, 1.165) is 18.2 Å². The van der Waals surface area contributed by atoms with Crippen LogP contribution in [0.4, 0.5) is 65.9 Å². The first kappa shape index (κ1) is 48.9. The van der Waals surface area contributed by atoms with E-state index in [-0.39, 0.29) is 78.6 Å². The van der Waals surface area contributed by atoms with Crippen LogP contribution in [-0.4, -0.2) is 9.13 Å². The molecular weight excluding hydrogens is 1000 g/mol. The van der Waals surface area contributed by atoms with Gasteiger partial charge in [-0.1, -0.05) is 54.6 Å². The zero-order chi connectivity index (χ0) is 53.0. The zero-order valence-corrected chi connectivity index (χ0v) is 36.9. The average molecular weight is 1030 g/mol. The van der Waals surface area contributed by atoms with Crippen molar-refractivity contribution in [3.05, 3.63) is 191 Å². The number of fused-ring (bicyclic) bond motifs is 6. The van der Waals surface area contributed by atoms with Gasteiger partial charge in [0.15, 0.2) is 0 Å². The Labute approximate surface area is 406 Å². The van der Waals surface area contributed by atoms with E-state index in [1.54, 1.807) is 54.6 Å². The zero-order valence-electron chi connectivity index (χ0n) is 36.9. The molecule has 0 atom stereocenters. The Bertz CT molecular complexity index is 3760. The Morgan fingerprint density at radius 1 is 0.324 bits per heavy atom. The summed E-state index contributed by atoms with van der Waals surface area (Å²) in [6.45, 7) is 0. The van der Waals surface area contributed by atoms with Crippen LogP contribution in [0.2, 0.25) is 0 Å². The van der Waals surface area contributed by atoms with Gasteiger partial charge >= 0.3 is 30.9 Å². The van der Waals surface area contributed by atoms with Crippen LogP contribution in [0.15, 0.2) is 152 Å². The summed E-state index contributed by atoms with van der Waals surface area (Å²) < 4.78 is 216. The van der Waals surface area contributed by atoms with Crippen molar-refractivity contribution >= 4 is 43.6 Å². The van der Waals surface area contributed by atoms with Gasteiger partial charge in [-0.2, -0.15) is 76.4 Å². The number of benzene rings is 8. The van der Waals surface area contributed by atoms with E-state index in [2.05, 4.69) is 6.07 Å². The maximum atomic E-state index is 15.1. The lowest BCUT2D eigenvalue weighted by Gasteiger charge is -2.20. The predicted molar refractivity (Wildman–Crippen MR) is 246 cm³/mol. The Morgan fingerprint density at radius 3 is 1.08 bits per heavy atom. The highest BCUT2D eigenvalue weighted by Gasteiger charge is 2.40. The van der Waals surface area contributed by atoms with E-state index in [9.17, 15) is 63.2 Å². The minimum atomic E-state index is -5.18. The Hall–Kier alpha value is -8.71. The number of halogens is 15. The molecule has 0 saturated heterocycles. The van der Waals surface area contributed by atoms with Crippen molar-refractivity contribution in [3.8, 4) is 56.9 Å². The lowest BCUT2D eigenvalue weighted by molar-refractivity contribution is -0.144. The lowest BCUT2D eigenvalue weighted by Crippen LogP contribution is -2.11. The van der Waals surface area contributed by atoms with Gasteiger partial charge in [0.1, 0.15) is 11.6 Å². The molecule has 370 valence electrons. The predicted octanol–water partition coefficient (Wildman–Crippen LogP) is 17.7. The molecule has 0 N–H and O–H groups in total. The number of rotatable bonds is 5. The maximum Gasteiger partial charge on any atom is 0.417 e. The molecule has 74 heavy (non-hydrogen) atoms. The molecule has 0 spiro atoms. The van der Waals surface area contributed by atoms with Crippen molar-refractivity contribution in [2.45, 2.75) is 30.9 Å². The van der Waals surface area contributed by atoms with Gasteiger partial charge in [0.05, 0.1) is 72.9 Å². The summed E-state index contributed by atoms with van der Waals surface area (Å²) in [4.78, 5) is 0. The summed E-state index contributed by atoms with van der Waals surface area (Å²) in [5, 5.41) is 22.7. The van der Waals surface area contributed by atoms with Crippen LogP contribution >= 0.6 is 0 Å². The topological polar surface area (TPSA) is 57.4 Å². The van der Waals surface area contributed by atoms with Crippen LogP contribution in [-0.2, 0) is 30.9 Å². The van der Waals surface area contributed by atoms with Crippen molar-refractivity contribution in [2.75, 3.05) is 0 Å². The maximum absolute atomic E-state index is 15.1. The third kappa shape index (κ3) is 8.37. The fourth-order valence-electron chi connectivity index (χ4n) is 9.48. The number of hydrogen-bond donors (Lipinski definition) is 0. The van der Waals surface area contributed by atoms with Gasteiger partial charge in [0.25, 0.3) is 0 Å². The Balaban J connectivity index is 1.30. The third-order valence-electron chi connectivity index (χ3n) is 12.7. The van der Waals surface area contributed by atoms with Gasteiger partial charge in [0, 0.05) is 27.1 Å². The van der Waals surface area contributed by atoms with E-state index < -0.39 is 81.0 Å². The molecule has 0 aliphatic rings. The summed E-state index contributed by atoms with van der Waals surface area (Å²) >= 11 is 0. The average Bonchev–Trinajstić information content (AvgIpc) is 3.86. The van der Waals surface area contributed by atoms with Crippen LogP contribution in [0.3, 0.4) is 0 Å². The van der Waals surface area contributed by atoms with Crippen LogP contribution in [0.1, 0.15) is 38.9 Å². The molecule has 0 amide bonds. The van der Waals surface area contributed by atoms with E-state index in [1.807, 2.05) is 0 Å². The highest BCUT2D eigenvalue weighted by Crippen LogP contribution is 2.47. The fraction of sp³-hybridized carbons (Fsp3) is 0.0909. The van der Waals surface area contributed by atoms with E-state index in [4.69, 9.17) is 0 Å². The highest BCUT2D eigenvalue weighted by atomic mass is 19.4. The van der Waals surface area contributed by atoms with Gasteiger partial charge in [-0.25, -0.2) is 0 Å². The standard InChI is InChI=1S/C55H25F15N4/c56-51(57,58)34-16-31(17-35(24-34)52(59,60)61)28-12-14-46-40(20-28)38-7-1-3-10-44(38)73(46)48-22-33(50-30(26-71)6-5-9-43(50)55(68,69)70)23-49(42(48)27-72)74-45-11-4-2-8-39(45)41-21-29(13-15-47(41)74)32-18-36(53(62,63)64)25-37(19-32)54(65,66)67/h1-25H. The second kappa shape index (κ2) is 16.9. The molecule has 8 aromatic carbocycles. The monoisotopic (exact) mass is 1030 g/mol. The number of nitrogens with zero attached hydrogens (tertiary/aromatic N) is 4. The number of aromatic nitrogens is 2.